The van der Waals surface area contributed by atoms with Gasteiger partial charge in [0.15, 0.2) is 0 Å². The van der Waals surface area contributed by atoms with Gasteiger partial charge in [-0.15, -0.1) is 0 Å². The lowest BCUT2D eigenvalue weighted by Gasteiger charge is -2.32. The first-order valence-corrected chi connectivity index (χ1v) is 12.3. The molecule has 7 heteroatoms. The maximum Gasteiger partial charge on any atom is 0.243 e. The van der Waals surface area contributed by atoms with Crippen LogP contribution in [0.2, 0.25) is 0 Å². The second-order valence-corrected chi connectivity index (χ2v) is 10.0. The van der Waals surface area contributed by atoms with Gasteiger partial charge >= 0.3 is 0 Å². The van der Waals surface area contributed by atoms with E-state index in [4.69, 9.17) is 4.74 Å². The zero-order valence-electron chi connectivity index (χ0n) is 18.2. The number of rotatable bonds is 7. The summed E-state index contributed by atoms with van der Waals surface area (Å²) in [6.45, 7) is 1.60. The minimum atomic E-state index is -3.58. The molecule has 0 saturated carbocycles. The molecule has 1 amide bonds. The molecule has 0 atom stereocenters. The lowest BCUT2D eigenvalue weighted by molar-refractivity contribution is -0.135. The molecular weight excluding hydrogens is 424 g/mol. The molecule has 1 aliphatic heterocycles. The Labute approximate surface area is 189 Å². The van der Waals surface area contributed by atoms with Crippen LogP contribution in [0.3, 0.4) is 0 Å². The zero-order chi connectivity index (χ0) is 22.6. The van der Waals surface area contributed by atoms with Crippen LogP contribution in [-0.4, -0.2) is 56.8 Å². The Hall–Kier alpha value is -2.90. The largest absolute Gasteiger partial charge is 0.492 e. The summed E-state index contributed by atoms with van der Waals surface area (Å²) in [5.74, 6) is 0.657. The van der Waals surface area contributed by atoms with E-state index >= 15 is 0 Å². The summed E-state index contributed by atoms with van der Waals surface area (Å²) in [6.07, 6.45) is 1.05. The van der Waals surface area contributed by atoms with Crippen molar-refractivity contribution in [3.05, 3.63) is 72.8 Å². The number of para-hydroxylation sites is 1. The van der Waals surface area contributed by atoms with Crippen molar-refractivity contribution in [1.82, 2.24) is 9.21 Å². The van der Waals surface area contributed by atoms with E-state index in [0.29, 0.717) is 44.0 Å². The third-order valence-electron chi connectivity index (χ3n) is 5.98. The summed E-state index contributed by atoms with van der Waals surface area (Å²) in [5.41, 5.74) is 0. The third-order valence-corrected chi connectivity index (χ3v) is 7.87. The number of ether oxygens (including phenoxy) is 1. The Morgan fingerprint density at radius 2 is 1.62 bits per heavy atom. The first-order valence-electron chi connectivity index (χ1n) is 10.9. The Kier molecular flexibility index (Phi) is 6.77. The number of carbonyl (C=O) groups is 1. The highest BCUT2D eigenvalue weighted by atomic mass is 32.2. The molecule has 1 aliphatic rings. The van der Waals surface area contributed by atoms with Crippen molar-refractivity contribution in [3.63, 3.8) is 0 Å². The first kappa shape index (κ1) is 22.3. The van der Waals surface area contributed by atoms with Crippen LogP contribution < -0.4 is 4.74 Å². The van der Waals surface area contributed by atoms with Crippen molar-refractivity contribution in [2.24, 2.45) is 5.92 Å². The van der Waals surface area contributed by atoms with Crippen molar-refractivity contribution in [1.29, 1.82) is 0 Å². The monoisotopic (exact) mass is 452 g/mol. The second-order valence-electron chi connectivity index (χ2n) is 8.11. The van der Waals surface area contributed by atoms with Crippen molar-refractivity contribution >= 4 is 26.7 Å². The van der Waals surface area contributed by atoms with E-state index in [1.807, 2.05) is 60.7 Å². The molecule has 1 fully saturated rings. The molecule has 3 aromatic rings. The standard InChI is InChI=1S/C25H28N2O4S/c1-26(17-18-31-23-9-3-2-4-10-23)25(28)21-13-15-27(16-14-21)32(29,30)24-12-11-20-7-5-6-8-22(20)19-24/h2-12,19,21H,13-18H2,1H3. The third kappa shape index (κ3) is 4.95. The van der Waals surface area contributed by atoms with Crippen LogP contribution in [0.15, 0.2) is 77.7 Å². The normalized spacial score (nSPS) is 15.5. The number of fused-ring (bicyclic) bond motifs is 1. The lowest BCUT2D eigenvalue weighted by Crippen LogP contribution is -2.44. The summed E-state index contributed by atoms with van der Waals surface area (Å²) in [4.78, 5) is 14.8. The molecule has 32 heavy (non-hydrogen) atoms. The fraction of sp³-hybridized carbons (Fsp3) is 0.320. The molecule has 1 heterocycles. The Morgan fingerprint density at radius 3 is 2.34 bits per heavy atom. The maximum absolute atomic E-state index is 13.1. The van der Waals surface area contributed by atoms with Crippen LogP contribution in [0.5, 0.6) is 5.75 Å². The Morgan fingerprint density at radius 1 is 0.969 bits per heavy atom. The fourth-order valence-electron chi connectivity index (χ4n) is 4.06. The average Bonchev–Trinajstić information content (AvgIpc) is 2.84. The fourth-order valence-corrected chi connectivity index (χ4v) is 5.56. The first-order chi connectivity index (χ1) is 15.4. The quantitative estimate of drug-likeness (QED) is 0.547. The van der Waals surface area contributed by atoms with Gasteiger partial charge in [0.05, 0.1) is 11.4 Å². The maximum atomic E-state index is 13.1. The van der Waals surface area contributed by atoms with Gasteiger partial charge in [-0.25, -0.2) is 8.42 Å². The number of amides is 1. The smallest absolute Gasteiger partial charge is 0.243 e. The highest BCUT2D eigenvalue weighted by molar-refractivity contribution is 7.89. The number of benzene rings is 3. The van der Waals surface area contributed by atoms with Gasteiger partial charge < -0.3 is 9.64 Å². The van der Waals surface area contributed by atoms with E-state index in [1.54, 1.807) is 24.1 Å². The number of sulfonamides is 1. The highest BCUT2D eigenvalue weighted by Gasteiger charge is 2.33. The van der Waals surface area contributed by atoms with Gasteiger partial charge in [0, 0.05) is 26.1 Å². The molecule has 0 aromatic heterocycles. The molecule has 6 nitrogen and oxygen atoms in total. The second kappa shape index (κ2) is 9.71. The van der Waals surface area contributed by atoms with Crippen molar-refractivity contribution < 1.29 is 17.9 Å². The molecule has 0 N–H and O–H groups in total. The molecular formula is C25H28N2O4S. The van der Waals surface area contributed by atoms with Gasteiger partial charge in [0.2, 0.25) is 15.9 Å². The number of hydrogen-bond acceptors (Lipinski definition) is 4. The van der Waals surface area contributed by atoms with Gasteiger partial charge in [0.1, 0.15) is 12.4 Å². The van der Waals surface area contributed by atoms with E-state index < -0.39 is 10.0 Å². The van der Waals surface area contributed by atoms with Gasteiger partial charge in [-0.1, -0.05) is 48.5 Å². The lowest BCUT2D eigenvalue weighted by atomic mass is 9.97. The van der Waals surface area contributed by atoms with Crippen LogP contribution in [0.1, 0.15) is 12.8 Å². The molecule has 0 bridgehead atoms. The van der Waals surface area contributed by atoms with Gasteiger partial charge in [-0.2, -0.15) is 4.31 Å². The topological polar surface area (TPSA) is 66.9 Å². The van der Waals surface area contributed by atoms with Crippen LogP contribution in [0.25, 0.3) is 10.8 Å². The zero-order valence-corrected chi connectivity index (χ0v) is 19.0. The summed E-state index contributed by atoms with van der Waals surface area (Å²) < 4.78 is 33.4. The number of nitrogens with zero attached hydrogens (tertiary/aromatic N) is 2. The van der Waals surface area contributed by atoms with Crippen LogP contribution in [-0.2, 0) is 14.8 Å². The van der Waals surface area contributed by atoms with Crippen LogP contribution in [0.4, 0.5) is 0 Å². The minimum absolute atomic E-state index is 0.0458. The average molecular weight is 453 g/mol. The van der Waals surface area contributed by atoms with E-state index in [1.165, 1.54) is 4.31 Å². The Bertz CT molecular complexity index is 1170. The van der Waals surface area contributed by atoms with Crippen molar-refractivity contribution in [3.8, 4) is 5.75 Å². The number of piperidine rings is 1. The summed E-state index contributed by atoms with van der Waals surface area (Å²) >= 11 is 0. The van der Waals surface area contributed by atoms with Gasteiger partial charge in [-0.3, -0.25) is 4.79 Å². The van der Waals surface area contributed by atoms with E-state index in [0.717, 1.165) is 16.5 Å². The van der Waals surface area contributed by atoms with E-state index in [2.05, 4.69) is 0 Å². The highest BCUT2D eigenvalue weighted by Crippen LogP contribution is 2.27. The molecule has 0 aliphatic carbocycles. The van der Waals surface area contributed by atoms with Crippen molar-refractivity contribution in [2.45, 2.75) is 17.7 Å². The molecule has 1 saturated heterocycles. The van der Waals surface area contributed by atoms with E-state index in [-0.39, 0.29) is 11.8 Å². The van der Waals surface area contributed by atoms with Crippen LogP contribution >= 0.6 is 0 Å². The molecule has 4 rings (SSSR count). The molecule has 168 valence electrons. The minimum Gasteiger partial charge on any atom is -0.492 e. The van der Waals surface area contributed by atoms with Crippen LogP contribution in [0, 0.1) is 5.92 Å². The Balaban J connectivity index is 1.31. The molecule has 0 unspecified atom stereocenters. The number of hydrogen-bond donors (Lipinski definition) is 0. The predicted molar refractivity (Wildman–Crippen MR) is 125 cm³/mol. The van der Waals surface area contributed by atoms with Crippen molar-refractivity contribution in [2.75, 3.05) is 33.3 Å². The van der Waals surface area contributed by atoms with Gasteiger partial charge in [-0.05, 0) is 47.9 Å². The predicted octanol–water partition coefficient (Wildman–Crippen LogP) is 3.78. The summed E-state index contributed by atoms with van der Waals surface area (Å²) in [7, 11) is -1.81. The SMILES string of the molecule is CN(CCOc1ccccc1)C(=O)C1CCN(S(=O)(=O)c2ccc3ccccc3c2)CC1. The summed E-state index contributed by atoms with van der Waals surface area (Å²) in [5, 5.41) is 1.91. The molecule has 3 aromatic carbocycles. The van der Waals surface area contributed by atoms with Gasteiger partial charge in [0.25, 0.3) is 0 Å². The molecule has 0 spiro atoms. The summed E-state index contributed by atoms with van der Waals surface area (Å²) in [6, 6.07) is 22.4. The number of carbonyl (C=O) groups excluding carboxylic acids is 1. The number of likely N-dealkylation sites (N-methyl/N-ethyl adjacent to an activating group) is 1. The van der Waals surface area contributed by atoms with E-state index in [9.17, 15) is 13.2 Å². The molecule has 0 radical (unpaired) electrons.